The first-order valence-electron chi connectivity index (χ1n) is 3.49. The first kappa shape index (κ1) is 7.88. The van der Waals surface area contributed by atoms with Gasteiger partial charge in [0.15, 0.2) is 0 Å². The number of nitrogens with one attached hydrogen (secondary N) is 2. The number of amides is 1. The lowest BCUT2D eigenvalue weighted by Crippen LogP contribution is -2.35. The molecule has 0 saturated carbocycles. The van der Waals surface area contributed by atoms with Crippen LogP contribution in [0.25, 0.3) is 0 Å². The Morgan fingerprint density at radius 2 is 2.10 bits per heavy atom. The molecule has 58 valence electrons. The Morgan fingerprint density at radius 3 is 2.60 bits per heavy atom. The van der Waals surface area contributed by atoms with Gasteiger partial charge >= 0.3 is 0 Å². The largest absolute Gasteiger partial charge is 0.317 e. The summed E-state index contributed by atoms with van der Waals surface area (Å²) in [6.07, 6.45) is 1.87. The lowest BCUT2D eigenvalue weighted by Gasteiger charge is -2.20. The number of hydrogen-bond donors (Lipinski definition) is 3. The molecule has 4 heteroatoms. The summed E-state index contributed by atoms with van der Waals surface area (Å²) in [6, 6.07) is 0. The minimum Gasteiger partial charge on any atom is -0.317 e. The van der Waals surface area contributed by atoms with Crippen molar-refractivity contribution in [3.63, 3.8) is 0 Å². The van der Waals surface area contributed by atoms with E-state index in [0.717, 1.165) is 25.9 Å². The topological polar surface area (TPSA) is 41.1 Å². The maximum Gasteiger partial charge on any atom is 0.232 e. The Hall–Kier alpha value is -0.220. The van der Waals surface area contributed by atoms with Gasteiger partial charge in [0.25, 0.3) is 0 Å². The highest BCUT2D eigenvalue weighted by Crippen LogP contribution is 2.10. The lowest BCUT2D eigenvalue weighted by atomic mass is 9.98. The highest BCUT2D eigenvalue weighted by Gasteiger charge is 2.19. The molecule has 10 heavy (non-hydrogen) atoms. The van der Waals surface area contributed by atoms with Gasteiger partial charge in [-0.2, -0.15) is 0 Å². The third kappa shape index (κ3) is 1.88. The van der Waals surface area contributed by atoms with E-state index in [0.29, 0.717) is 0 Å². The van der Waals surface area contributed by atoms with Gasteiger partial charge in [0.2, 0.25) is 5.91 Å². The van der Waals surface area contributed by atoms with Gasteiger partial charge in [-0.3, -0.25) is 4.79 Å². The number of carbonyl (C=O) groups is 1. The molecule has 1 heterocycles. The van der Waals surface area contributed by atoms with Crippen LogP contribution in [0.1, 0.15) is 12.8 Å². The Bertz CT molecular complexity index is 123. The zero-order valence-electron chi connectivity index (χ0n) is 5.76. The van der Waals surface area contributed by atoms with E-state index in [2.05, 4.69) is 22.9 Å². The molecule has 0 aromatic heterocycles. The fraction of sp³-hybridized carbons (Fsp3) is 0.833. The zero-order valence-corrected chi connectivity index (χ0v) is 6.66. The number of hydrogen-bond acceptors (Lipinski definition) is 3. The van der Waals surface area contributed by atoms with Gasteiger partial charge in [-0.05, 0) is 25.9 Å². The first-order valence-corrected chi connectivity index (χ1v) is 3.94. The molecule has 0 unspecified atom stereocenters. The predicted octanol–water partition coefficient (Wildman–Crippen LogP) is -0.0530. The second-order valence-electron chi connectivity index (χ2n) is 2.50. The van der Waals surface area contributed by atoms with Crippen LogP contribution in [0.4, 0.5) is 0 Å². The summed E-state index contributed by atoms with van der Waals surface area (Å²) < 4.78 is 2.36. The number of piperidine rings is 1. The summed E-state index contributed by atoms with van der Waals surface area (Å²) in [6.45, 7) is 1.90. The van der Waals surface area contributed by atoms with E-state index in [4.69, 9.17) is 0 Å². The van der Waals surface area contributed by atoms with Crippen molar-refractivity contribution < 1.29 is 4.79 Å². The molecule has 0 aliphatic carbocycles. The van der Waals surface area contributed by atoms with E-state index >= 15 is 0 Å². The van der Waals surface area contributed by atoms with Crippen LogP contribution in [-0.4, -0.2) is 19.0 Å². The summed E-state index contributed by atoms with van der Waals surface area (Å²) in [4.78, 5) is 11.0. The van der Waals surface area contributed by atoms with Gasteiger partial charge in [-0.1, -0.05) is 12.8 Å². The standard InChI is InChI=1S/C6H12N2OS/c9-6(8-10)5-1-3-7-4-2-5/h5,7,10H,1-4H2,(H,8,9). The van der Waals surface area contributed by atoms with E-state index in [-0.39, 0.29) is 11.8 Å². The molecular weight excluding hydrogens is 148 g/mol. The van der Waals surface area contributed by atoms with Gasteiger partial charge in [0, 0.05) is 5.92 Å². The van der Waals surface area contributed by atoms with Crippen LogP contribution < -0.4 is 10.0 Å². The van der Waals surface area contributed by atoms with Crippen molar-refractivity contribution in [3.05, 3.63) is 0 Å². The molecule has 1 amide bonds. The van der Waals surface area contributed by atoms with Crippen molar-refractivity contribution in [2.24, 2.45) is 5.92 Å². The summed E-state index contributed by atoms with van der Waals surface area (Å²) in [5.74, 6) is 0.239. The van der Waals surface area contributed by atoms with Gasteiger partial charge in [0.1, 0.15) is 0 Å². The van der Waals surface area contributed by atoms with Crippen LogP contribution >= 0.6 is 12.8 Å². The Morgan fingerprint density at radius 1 is 1.50 bits per heavy atom. The summed E-state index contributed by atoms with van der Waals surface area (Å²) in [7, 11) is 0. The van der Waals surface area contributed by atoms with Crippen LogP contribution in [-0.2, 0) is 4.79 Å². The van der Waals surface area contributed by atoms with Gasteiger partial charge in [0.05, 0.1) is 0 Å². The van der Waals surface area contributed by atoms with Gasteiger partial charge in [-0.25, -0.2) is 0 Å². The molecule has 3 nitrogen and oxygen atoms in total. The third-order valence-electron chi connectivity index (χ3n) is 1.82. The minimum absolute atomic E-state index is 0.0600. The van der Waals surface area contributed by atoms with E-state index in [1.807, 2.05) is 0 Å². The average Bonchev–Trinajstić information content (AvgIpc) is 2.05. The SMILES string of the molecule is O=C(NS)C1CCNCC1. The van der Waals surface area contributed by atoms with Crippen molar-refractivity contribution in [3.8, 4) is 0 Å². The van der Waals surface area contributed by atoms with E-state index in [1.54, 1.807) is 0 Å². The average molecular weight is 160 g/mol. The van der Waals surface area contributed by atoms with Crippen LogP contribution in [0.15, 0.2) is 0 Å². The van der Waals surface area contributed by atoms with Gasteiger partial charge < -0.3 is 10.0 Å². The van der Waals surface area contributed by atoms with Crippen LogP contribution in [0.3, 0.4) is 0 Å². The molecule has 0 aromatic rings. The highest BCUT2D eigenvalue weighted by molar-refractivity contribution is 7.78. The van der Waals surface area contributed by atoms with Crippen LogP contribution in [0.5, 0.6) is 0 Å². The molecule has 1 fully saturated rings. The van der Waals surface area contributed by atoms with Crippen LogP contribution in [0.2, 0.25) is 0 Å². The normalized spacial score (nSPS) is 20.5. The molecule has 1 aliphatic rings. The van der Waals surface area contributed by atoms with E-state index in [9.17, 15) is 4.79 Å². The maximum absolute atomic E-state index is 11.0. The first-order chi connectivity index (χ1) is 4.84. The fourth-order valence-electron chi connectivity index (χ4n) is 1.18. The van der Waals surface area contributed by atoms with E-state index < -0.39 is 0 Å². The quantitative estimate of drug-likeness (QED) is 0.471. The second kappa shape index (κ2) is 3.83. The molecule has 0 atom stereocenters. The highest BCUT2D eigenvalue weighted by atomic mass is 32.1. The molecule has 1 saturated heterocycles. The lowest BCUT2D eigenvalue weighted by molar-refractivity contribution is -0.123. The van der Waals surface area contributed by atoms with Crippen molar-refractivity contribution in [2.45, 2.75) is 12.8 Å². The van der Waals surface area contributed by atoms with Gasteiger partial charge in [-0.15, -0.1) is 0 Å². The van der Waals surface area contributed by atoms with Crippen molar-refractivity contribution in [1.82, 2.24) is 10.0 Å². The second-order valence-corrected chi connectivity index (χ2v) is 2.72. The molecular formula is C6H12N2OS. The molecule has 0 bridgehead atoms. The van der Waals surface area contributed by atoms with E-state index in [1.165, 1.54) is 0 Å². The molecule has 1 rings (SSSR count). The van der Waals surface area contributed by atoms with Crippen molar-refractivity contribution in [2.75, 3.05) is 13.1 Å². The minimum atomic E-state index is 0.0600. The molecule has 0 aromatic carbocycles. The Balaban J connectivity index is 2.31. The monoisotopic (exact) mass is 160 g/mol. The van der Waals surface area contributed by atoms with Crippen molar-refractivity contribution in [1.29, 1.82) is 0 Å². The zero-order chi connectivity index (χ0) is 7.40. The Kier molecular flexibility index (Phi) is 3.02. The summed E-state index contributed by atoms with van der Waals surface area (Å²) in [5, 5.41) is 3.19. The number of carbonyl (C=O) groups excluding carboxylic acids is 1. The number of thiol groups is 1. The molecule has 1 aliphatic heterocycles. The number of rotatable bonds is 1. The summed E-state index contributed by atoms with van der Waals surface area (Å²) in [5.41, 5.74) is 0. The van der Waals surface area contributed by atoms with Crippen molar-refractivity contribution >= 4 is 18.7 Å². The maximum atomic E-state index is 11.0. The molecule has 2 N–H and O–H groups in total. The smallest absolute Gasteiger partial charge is 0.232 e. The summed E-state index contributed by atoms with van der Waals surface area (Å²) >= 11 is 3.71. The molecule has 0 radical (unpaired) electrons. The third-order valence-corrected chi connectivity index (χ3v) is 2.04. The predicted molar refractivity (Wildman–Crippen MR) is 42.7 cm³/mol. The van der Waals surface area contributed by atoms with Crippen LogP contribution in [0, 0.1) is 5.92 Å². The fourth-order valence-corrected chi connectivity index (χ4v) is 1.36. The Labute approximate surface area is 66.1 Å². The molecule has 0 spiro atoms.